The molecule has 114 valence electrons. The molecule has 2 saturated carbocycles. The van der Waals surface area contributed by atoms with E-state index >= 15 is 0 Å². The van der Waals surface area contributed by atoms with Gasteiger partial charge in [-0.05, 0) is 46.5 Å². The number of ether oxygens (including phenoxy) is 1. The van der Waals surface area contributed by atoms with Crippen molar-refractivity contribution in [1.29, 1.82) is 0 Å². The van der Waals surface area contributed by atoms with E-state index < -0.39 is 5.41 Å². The number of carbonyl (C=O) groups excluding carboxylic acids is 2. The Morgan fingerprint density at radius 2 is 1.90 bits per heavy atom. The van der Waals surface area contributed by atoms with E-state index in [-0.39, 0.29) is 29.8 Å². The van der Waals surface area contributed by atoms with Gasteiger partial charge in [-0.2, -0.15) is 0 Å². The molecule has 0 saturated heterocycles. The van der Waals surface area contributed by atoms with E-state index in [0.717, 1.165) is 38.5 Å². The highest BCUT2D eigenvalue weighted by atomic mass is 16.5. The number of esters is 1. The molecule has 0 amide bonds. The molecule has 3 heteroatoms. The molecule has 0 radical (unpaired) electrons. The maximum Gasteiger partial charge on any atom is 0.311 e. The van der Waals surface area contributed by atoms with Crippen molar-refractivity contribution in [3.05, 3.63) is 0 Å². The second kappa shape index (κ2) is 5.87. The van der Waals surface area contributed by atoms with Gasteiger partial charge in [0.1, 0.15) is 11.9 Å². The summed E-state index contributed by atoms with van der Waals surface area (Å²) in [4.78, 5) is 24.7. The predicted molar refractivity (Wildman–Crippen MR) is 78.2 cm³/mol. The number of carbonyl (C=O) groups is 2. The molecule has 0 aliphatic heterocycles. The summed E-state index contributed by atoms with van der Waals surface area (Å²) in [5.74, 6) is 0.800. The number of fused-ring (bicyclic) bond motifs is 1. The third kappa shape index (κ3) is 3.07. The summed E-state index contributed by atoms with van der Waals surface area (Å²) < 4.78 is 5.81. The molecule has 0 N–H and O–H groups in total. The largest absolute Gasteiger partial charge is 0.462 e. The average Bonchev–Trinajstić information content (AvgIpc) is 2.41. The lowest BCUT2D eigenvalue weighted by Crippen LogP contribution is -2.47. The molecule has 0 spiro atoms. The third-order valence-electron chi connectivity index (χ3n) is 4.95. The van der Waals surface area contributed by atoms with E-state index in [1.54, 1.807) is 0 Å². The normalized spacial score (nSPS) is 34.5. The van der Waals surface area contributed by atoms with Crippen molar-refractivity contribution in [2.75, 3.05) is 0 Å². The van der Waals surface area contributed by atoms with Gasteiger partial charge < -0.3 is 4.74 Å². The minimum Gasteiger partial charge on any atom is -0.462 e. The summed E-state index contributed by atoms with van der Waals surface area (Å²) in [5, 5.41) is 0. The fourth-order valence-electron chi connectivity index (χ4n) is 3.65. The van der Waals surface area contributed by atoms with Gasteiger partial charge in [-0.3, -0.25) is 9.59 Å². The lowest BCUT2D eigenvalue weighted by Gasteiger charge is -2.43. The molecule has 0 bridgehead atoms. The van der Waals surface area contributed by atoms with Crippen LogP contribution in [0, 0.1) is 23.2 Å². The molecular formula is C17H28O3. The summed E-state index contributed by atoms with van der Waals surface area (Å²) in [6.45, 7) is 7.73. The van der Waals surface area contributed by atoms with Crippen molar-refractivity contribution in [2.45, 2.75) is 72.3 Å². The van der Waals surface area contributed by atoms with Crippen molar-refractivity contribution < 1.29 is 14.3 Å². The van der Waals surface area contributed by atoms with E-state index in [1.807, 2.05) is 20.8 Å². The van der Waals surface area contributed by atoms with Crippen LogP contribution in [0.5, 0.6) is 0 Å². The number of hydrogen-bond donors (Lipinski definition) is 0. The van der Waals surface area contributed by atoms with E-state index in [4.69, 9.17) is 4.74 Å². The standard InChI is InChI=1S/C17H28O3/c1-5-11-10-14(20-16(19)17(2,3)4)12-8-6-7-9-13(12)15(11)18/h11-14H,5-10H2,1-4H3. The molecule has 0 aromatic heterocycles. The maximum atomic E-state index is 12.5. The Morgan fingerprint density at radius 1 is 1.25 bits per heavy atom. The first-order chi connectivity index (χ1) is 9.34. The van der Waals surface area contributed by atoms with Crippen molar-refractivity contribution >= 4 is 11.8 Å². The van der Waals surface area contributed by atoms with Crippen LogP contribution < -0.4 is 0 Å². The lowest BCUT2D eigenvalue weighted by molar-refractivity contribution is -0.170. The van der Waals surface area contributed by atoms with Crippen molar-refractivity contribution in [3.63, 3.8) is 0 Å². The molecule has 4 atom stereocenters. The minimum absolute atomic E-state index is 0.0466. The minimum atomic E-state index is -0.465. The number of hydrogen-bond acceptors (Lipinski definition) is 3. The van der Waals surface area contributed by atoms with Crippen LogP contribution in [0.15, 0.2) is 0 Å². The van der Waals surface area contributed by atoms with Gasteiger partial charge in [0.25, 0.3) is 0 Å². The van der Waals surface area contributed by atoms with Crippen molar-refractivity contribution in [2.24, 2.45) is 23.2 Å². The first-order valence-corrected chi connectivity index (χ1v) is 8.09. The SMILES string of the molecule is CCC1CC(OC(=O)C(C)(C)C)C2CCCCC2C1=O. The van der Waals surface area contributed by atoms with Crippen LogP contribution in [0.25, 0.3) is 0 Å². The summed E-state index contributed by atoms with van der Waals surface area (Å²) in [6, 6.07) is 0. The van der Waals surface area contributed by atoms with Gasteiger partial charge in [-0.15, -0.1) is 0 Å². The number of rotatable bonds is 2. The van der Waals surface area contributed by atoms with Gasteiger partial charge in [-0.25, -0.2) is 0 Å². The average molecular weight is 280 g/mol. The molecule has 2 fully saturated rings. The van der Waals surface area contributed by atoms with E-state index in [0.29, 0.717) is 5.78 Å². The quantitative estimate of drug-likeness (QED) is 0.723. The van der Waals surface area contributed by atoms with E-state index in [9.17, 15) is 9.59 Å². The molecule has 20 heavy (non-hydrogen) atoms. The zero-order valence-electron chi connectivity index (χ0n) is 13.3. The van der Waals surface area contributed by atoms with Gasteiger partial charge >= 0.3 is 5.97 Å². The molecule has 3 nitrogen and oxygen atoms in total. The molecule has 2 rings (SSSR count). The summed E-state index contributed by atoms with van der Waals surface area (Å²) >= 11 is 0. The maximum absolute atomic E-state index is 12.5. The second-order valence-electron chi connectivity index (χ2n) is 7.49. The molecule has 0 aromatic rings. The van der Waals surface area contributed by atoms with Crippen molar-refractivity contribution in [3.8, 4) is 0 Å². The van der Waals surface area contributed by atoms with Crippen LogP contribution >= 0.6 is 0 Å². The first-order valence-electron chi connectivity index (χ1n) is 8.09. The van der Waals surface area contributed by atoms with Gasteiger partial charge in [-0.1, -0.05) is 19.8 Å². The highest BCUT2D eigenvalue weighted by Gasteiger charge is 2.46. The third-order valence-corrected chi connectivity index (χ3v) is 4.95. The van der Waals surface area contributed by atoms with Crippen LogP contribution in [0.4, 0.5) is 0 Å². The zero-order chi connectivity index (χ0) is 14.9. The van der Waals surface area contributed by atoms with Crippen molar-refractivity contribution in [1.82, 2.24) is 0 Å². The number of ketones is 1. The van der Waals surface area contributed by atoms with Gasteiger partial charge in [0.2, 0.25) is 0 Å². The topological polar surface area (TPSA) is 43.4 Å². The molecule has 0 aromatic carbocycles. The Balaban J connectivity index is 2.13. The Morgan fingerprint density at radius 3 is 2.50 bits per heavy atom. The smallest absolute Gasteiger partial charge is 0.311 e. The van der Waals surface area contributed by atoms with Crippen LogP contribution in [0.2, 0.25) is 0 Å². The lowest BCUT2D eigenvalue weighted by atomic mass is 9.64. The van der Waals surface area contributed by atoms with Crippen LogP contribution in [0.1, 0.15) is 66.2 Å². The monoisotopic (exact) mass is 280 g/mol. The van der Waals surface area contributed by atoms with Crippen LogP contribution in [-0.2, 0) is 14.3 Å². The van der Waals surface area contributed by atoms with Gasteiger partial charge in [0.05, 0.1) is 5.41 Å². The van der Waals surface area contributed by atoms with Gasteiger partial charge in [0.15, 0.2) is 0 Å². The molecule has 2 aliphatic carbocycles. The number of Topliss-reactive ketones (excluding diaryl/α,β-unsaturated/α-hetero) is 1. The Kier molecular flexibility index (Phi) is 4.55. The fraction of sp³-hybridized carbons (Fsp3) is 0.882. The fourth-order valence-corrected chi connectivity index (χ4v) is 3.65. The second-order valence-corrected chi connectivity index (χ2v) is 7.49. The van der Waals surface area contributed by atoms with Gasteiger partial charge in [0, 0.05) is 17.8 Å². The van der Waals surface area contributed by atoms with E-state index in [2.05, 4.69) is 6.92 Å². The first kappa shape index (κ1) is 15.5. The summed E-state index contributed by atoms with van der Waals surface area (Å²) in [5.41, 5.74) is -0.465. The molecule has 4 unspecified atom stereocenters. The molecular weight excluding hydrogens is 252 g/mol. The highest BCUT2D eigenvalue weighted by Crippen LogP contribution is 2.43. The Hall–Kier alpha value is -0.860. The Bertz CT molecular complexity index is 380. The van der Waals surface area contributed by atoms with E-state index in [1.165, 1.54) is 0 Å². The zero-order valence-corrected chi connectivity index (χ0v) is 13.3. The molecule has 0 heterocycles. The molecule has 2 aliphatic rings. The summed E-state index contributed by atoms with van der Waals surface area (Å²) in [7, 11) is 0. The highest BCUT2D eigenvalue weighted by molar-refractivity contribution is 5.85. The van der Waals surface area contributed by atoms with Crippen LogP contribution in [-0.4, -0.2) is 17.9 Å². The predicted octanol–water partition coefficient (Wildman–Crippen LogP) is 3.75. The van der Waals surface area contributed by atoms with Crippen LogP contribution in [0.3, 0.4) is 0 Å². The Labute approximate surface area is 122 Å². The summed E-state index contributed by atoms with van der Waals surface area (Å²) in [6.07, 6.45) is 5.88.